The molecule has 0 aliphatic carbocycles. The number of pyridine rings is 1. The van der Waals surface area contributed by atoms with E-state index >= 15 is 0 Å². The minimum atomic E-state index is 0.470. The van der Waals surface area contributed by atoms with E-state index < -0.39 is 0 Å². The van der Waals surface area contributed by atoms with Gasteiger partial charge in [0, 0.05) is 18.8 Å². The second-order valence-electron chi connectivity index (χ2n) is 3.71. The van der Waals surface area contributed by atoms with E-state index in [0.717, 1.165) is 5.56 Å². The number of aromatic nitrogens is 1. The molecule has 0 aliphatic rings. The average molecular weight is 206 g/mol. The van der Waals surface area contributed by atoms with E-state index in [2.05, 4.69) is 24.9 Å². The Morgan fingerprint density at radius 1 is 1.53 bits per heavy atom. The van der Waals surface area contributed by atoms with Crippen LogP contribution < -0.4 is 10.5 Å². The van der Waals surface area contributed by atoms with Crippen LogP contribution in [0, 0.1) is 5.92 Å². The zero-order chi connectivity index (χ0) is 11.3. The predicted octanol–water partition coefficient (Wildman–Crippen LogP) is 2.09. The molecule has 3 heteroatoms. The summed E-state index contributed by atoms with van der Waals surface area (Å²) < 4.78 is 4.99. The Morgan fingerprint density at radius 2 is 2.27 bits per heavy atom. The fourth-order valence-corrected chi connectivity index (χ4v) is 1.27. The zero-order valence-corrected chi connectivity index (χ0v) is 9.53. The van der Waals surface area contributed by atoms with Crippen LogP contribution in [0.5, 0.6) is 5.88 Å². The van der Waals surface area contributed by atoms with Gasteiger partial charge in [-0.2, -0.15) is 0 Å². The SMILES string of the molecule is COc1ccc(/C=C(/CN)C(C)C)cn1. The van der Waals surface area contributed by atoms with E-state index in [4.69, 9.17) is 10.5 Å². The van der Waals surface area contributed by atoms with Crippen molar-refractivity contribution in [2.45, 2.75) is 13.8 Å². The van der Waals surface area contributed by atoms with Gasteiger partial charge in [0.15, 0.2) is 0 Å². The van der Waals surface area contributed by atoms with Gasteiger partial charge in [-0.25, -0.2) is 4.98 Å². The lowest BCUT2D eigenvalue weighted by Gasteiger charge is -2.08. The second-order valence-corrected chi connectivity index (χ2v) is 3.71. The third-order valence-corrected chi connectivity index (χ3v) is 2.30. The molecule has 0 saturated carbocycles. The van der Waals surface area contributed by atoms with Crippen LogP contribution in [-0.2, 0) is 0 Å². The Kier molecular flexibility index (Phi) is 4.31. The number of rotatable bonds is 4. The highest BCUT2D eigenvalue weighted by atomic mass is 16.5. The van der Waals surface area contributed by atoms with Gasteiger partial charge >= 0.3 is 0 Å². The first-order valence-electron chi connectivity index (χ1n) is 5.08. The molecular formula is C12H18N2O. The van der Waals surface area contributed by atoms with Gasteiger partial charge < -0.3 is 10.5 Å². The molecular weight excluding hydrogens is 188 g/mol. The molecule has 3 nitrogen and oxygen atoms in total. The molecule has 1 aromatic heterocycles. The number of methoxy groups -OCH3 is 1. The highest BCUT2D eigenvalue weighted by molar-refractivity contribution is 5.53. The van der Waals surface area contributed by atoms with Crippen LogP contribution in [0.15, 0.2) is 23.9 Å². The molecule has 15 heavy (non-hydrogen) atoms. The fourth-order valence-electron chi connectivity index (χ4n) is 1.27. The summed E-state index contributed by atoms with van der Waals surface area (Å²) in [6.07, 6.45) is 3.87. The van der Waals surface area contributed by atoms with Gasteiger partial charge in [0.2, 0.25) is 5.88 Å². The summed E-state index contributed by atoms with van der Waals surface area (Å²) in [5.41, 5.74) is 7.95. The molecule has 0 atom stereocenters. The van der Waals surface area contributed by atoms with Crippen molar-refractivity contribution in [1.82, 2.24) is 4.98 Å². The van der Waals surface area contributed by atoms with Crippen LogP contribution in [0.25, 0.3) is 6.08 Å². The molecule has 0 aliphatic heterocycles. The van der Waals surface area contributed by atoms with Gasteiger partial charge in [-0.15, -0.1) is 0 Å². The van der Waals surface area contributed by atoms with E-state index in [1.54, 1.807) is 13.3 Å². The topological polar surface area (TPSA) is 48.1 Å². The summed E-state index contributed by atoms with van der Waals surface area (Å²) in [5.74, 6) is 1.10. The molecule has 82 valence electrons. The monoisotopic (exact) mass is 206 g/mol. The predicted molar refractivity (Wildman–Crippen MR) is 62.7 cm³/mol. The highest BCUT2D eigenvalue weighted by Gasteiger charge is 2.01. The first kappa shape index (κ1) is 11.7. The summed E-state index contributed by atoms with van der Waals surface area (Å²) in [5, 5.41) is 0. The van der Waals surface area contributed by atoms with Crippen molar-refractivity contribution in [1.29, 1.82) is 0 Å². The number of nitrogens with two attached hydrogens (primary N) is 1. The Balaban J connectivity index is 2.87. The van der Waals surface area contributed by atoms with E-state index in [1.165, 1.54) is 5.57 Å². The van der Waals surface area contributed by atoms with Crippen LogP contribution in [0.1, 0.15) is 19.4 Å². The average Bonchev–Trinajstić information content (AvgIpc) is 2.26. The number of hydrogen-bond acceptors (Lipinski definition) is 3. The second kappa shape index (κ2) is 5.51. The van der Waals surface area contributed by atoms with Crippen molar-refractivity contribution in [2.75, 3.05) is 13.7 Å². The summed E-state index contributed by atoms with van der Waals surface area (Å²) in [7, 11) is 1.61. The third-order valence-electron chi connectivity index (χ3n) is 2.30. The Hall–Kier alpha value is -1.35. The van der Waals surface area contributed by atoms with E-state index in [0.29, 0.717) is 18.3 Å². The molecule has 1 rings (SSSR count). The standard InChI is InChI=1S/C12H18N2O/c1-9(2)11(7-13)6-10-4-5-12(15-3)14-8-10/h4-6,8-9H,7,13H2,1-3H3/b11-6-. The Labute approximate surface area is 91.0 Å². The van der Waals surface area contributed by atoms with Crippen molar-refractivity contribution in [3.8, 4) is 5.88 Å². The van der Waals surface area contributed by atoms with Crippen molar-refractivity contribution in [3.05, 3.63) is 29.5 Å². The molecule has 0 fully saturated rings. The highest BCUT2D eigenvalue weighted by Crippen LogP contribution is 2.14. The Morgan fingerprint density at radius 3 is 2.67 bits per heavy atom. The summed E-state index contributed by atoms with van der Waals surface area (Å²) >= 11 is 0. The normalized spacial score (nSPS) is 11.9. The number of nitrogens with zero attached hydrogens (tertiary/aromatic N) is 1. The van der Waals surface area contributed by atoms with Gasteiger partial charge in [-0.05, 0) is 17.5 Å². The van der Waals surface area contributed by atoms with Gasteiger partial charge in [0.05, 0.1) is 7.11 Å². The smallest absolute Gasteiger partial charge is 0.212 e. The van der Waals surface area contributed by atoms with Crippen LogP contribution in [0.2, 0.25) is 0 Å². The first-order chi connectivity index (χ1) is 7.17. The van der Waals surface area contributed by atoms with Gasteiger partial charge in [-0.3, -0.25) is 0 Å². The molecule has 0 bridgehead atoms. The van der Waals surface area contributed by atoms with Crippen molar-refractivity contribution in [2.24, 2.45) is 11.7 Å². The first-order valence-corrected chi connectivity index (χ1v) is 5.08. The minimum absolute atomic E-state index is 0.470. The lowest BCUT2D eigenvalue weighted by atomic mass is 10.0. The largest absolute Gasteiger partial charge is 0.481 e. The maximum atomic E-state index is 5.66. The van der Waals surface area contributed by atoms with E-state index in [9.17, 15) is 0 Å². The molecule has 0 aromatic carbocycles. The zero-order valence-electron chi connectivity index (χ0n) is 9.53. The Bertz CT molecular complexity index is 328. The molecule has 2 N–H and O–H groups in total. The van der Waals surface area contributed by atoms with Crippen molar-refractivity contribution < 1.29 is 4.74 Å². The van der Waals surface area contributed by atoms with E-state index in [1.807, 2.05) is 12.1 Å². The molecule has 0 amide bonds. The third kappa shape index (κ3) is 3.36. The molecule has 0 spiro atoms. The maximum absolute atomic E-state index is 5.66. The van der Waals surface area contributed by atoms with Crippen LogP contribution >= 0.6 is 0 Å². The van der Waals surface area contributed by atoms with Gasteiger partial charge in [0.1, 0.15) is 0 Å². The summed E-state index contributed by atoms with van der Waals surface area (Å²) in [4.78, 5) is 4.14. The van der Waals surface area contributed by atoms with Crippen LogP contribution in [0.4, 0.5) is 0 Å². The molecule has 0 radical (unpaired) electrons. The maximum Gasteiger partial charge on any atom is 0.212 e. The van der Waals surface area contributed by atoms with Gasteiger partial charge in [-0.1, -0.05) is 25.5 Å². The van der Waals surface area contributed by atoms with Crippen LogP contribution in [0.3, 0.4) is 0 Å². The van der Waals surface area contributed by atoms with E-state index in [-0.39, 0.29) is 0 Å². The van der Waals surface area contributed by atoms with Crippen LogP contribution in [-0.4, -0.2) is 18.6 Å². The lowest BCUT2D eigenvalue weighted by Crippen LogP contribution is -2.08. The summed E-state index contributed by atoms with van der Waals surface area (Å²) in [6.45, 7) is 4.86. The number of ether oxygens (including phenoxy) is 1. The van der Waals surface area contributed by atoms with Crippen molar-refractivity contribution >= 4 is 6.08 Å². The number of hydrogen-bond donors (Lipinski definition) is 1. The fraction of sp³-hybridized carbons (Fsp3) is 0.417. The molecule has 1 aromatic rings. The lowest BCUT2D eigenvalue weighted by molar-refractivity contribution is 0.398. The minimum Gasteiger partial charge on any atom is -0.481 e. The van der Waals surface area contributed by atoms with Gasteiger partial charge in [0.25, 0.3) is 0 Å². The molecule has 0 saturated heterocycles. The summed E-state index contributed by atoms with van der Waals surface area (Å²) in [6, 6.07) is 3.82. The quantitative estimate of drug-likeness (QED) is 0.820. The molecule has 0 unspecified atom stereocenters. The van der Waals surface area contributed by atoms with Crippen molar-refractivity contribution in [3.63, 3.8) is 0 Å². The molecule has 1 heterocycles.